The highest BCUT2D eigenvalue weighted by Crippen LogP contribution is 2.33. The average Bonchev–Trinajstić information content (AvgIpc) is 2.80. The van der Waals surface area contributed by atoms with Gasteiger partial charge in [0.15, 0.2) is 0 Å². The van der Waals surface area contributed by atoms with Crippen LogP contribution in [0.25, 0.3) is 0 Å². The molecule has 1 aliphatic carbocycles. The Morgan fingerprint density at radius 2 is 1.62 bits per heavy atom. The fraction of sp³-hybridized carbons (Fsp3) is 0.458. The number of hydrogen-bond donors (Lipinski definition) is 2. The van der Waals surface area contributed by atoms with Crippen molar-refractivity contribution in [3.05, 3.63) is 53.6 Å². The predicted octanol–water partition coefficient (Wildman–Crippen LogP) is 3.99. The monoisotopic (exact) mass is 457 g/mol. The zero-order valence-corrected chi connectivity index (χ0v) is 19.3. The molecule has 2 N–H and O–H groups in total. The minimum Gasteiger partial charge on any atom is -0.478 e. The molecule has 0 atom stereocenters. The summed E-state index contributed by atoms with van der Waals surface area (Å²) in [6.07, 6.45) is 6.04. The van der Waals surface area contributed by atoms with Crippen LogP contribution in [-0.2, 0) is 10.0 Å². The third-order valence-electron chi connectivity index (χ3n) is 6.59. The van der Waals surface area contributed by atoms with Crippen LogP contribution in [-0.4, -0.2) is 57.6 Å². The van der Waals surface area contributed by atoms with Gasteiger partial charge in [-0.3, -0.25) is 4.72 Å². The van der Waals surface area contributed by atoms with Crippen LogP contribution in [0.1, 0.15) is 53.9 Å². The molecule has 4 rings (SSSR count). The van der Waals surface area contributed by atoms with Gasteiger partial charge in [-0.25, -0.2) is 13.2 Å². The van der Waals surface area contributed by atoms with Gasteiger partial charge in [-0.15, -0.1) is 0 Å². The third-order valence-corrected chi connectivity index (χ3v) is 7.99. The van der Waals surface area contributed by atoms with Crippen LogP contribution in [0.5, 0.6) is 0 Å². The second kappa shape index (κ2) is 9.50. The number of rotatable bonds is 6. The highest BCUT2D eigenvalue weighted by atomic mass is 32.2. The number of nitrogens with zero attached hydrogens (tertiary/aromatic N) is 2. The van der Waals surface area contributed by atoms with Gasteiger partial charge in [0.1, 0.15) is 0 Å². The number of carboxylic acids is 1. The summed E-state index contributed by atoms with van der Waals surface area (Å²) in [5.41, 5.74) is 2.15. The molecule has 1 heterocycles. The lowest BCUT2D eigenvalue weighted by molar-refractivity contribution is 0.0697. The first kappa shape index (κ1) is 22.6. The average molecular weight is 458 g/mol. The van der Waals surface area contributed by atoms with E-state index < -0.39 is 16.0 Å². The van der Waals surface area contributed by atoms with Crippen LogP contribution in [0.2, 0.25) is 0 Å². The number of benzene rings is 2. The van der Waals surface area contributed by atoms with Crippen molar-refractivity contribution in [1.29, 1.82) is 0 Å². The maximum absolute atomic E-state index is 12.9. The van der Waals surface area contributed by atoms with E-state index in [9.17, 15) is 18.3 Å². The summed E-state index contributed by atoms with van der Waals surface area (Å²) in [6, 6.07) is 11.8. The van der Waals surface area contributed by atoms with Crippen LogP contribution in [0.3, 0.4) is 0 Å². The Kier molecular flexibility index (Phi) is 6.71. The van der Waals surface area contributed by atoms with Crippen molar-refractivity contribution in [3.63, 3.8) is 0 Å². The number of nitrogens with one attached hydrogen (secondary N) is 1. The minimum absolute atomic E-state index is 0.0994. The van der Waals surface area contributed by atoms with Crippen molar-refractivity contribution in [2.75, 3.05) is 42.8 Å². The van der Waals surface area contributed by atoms with Crippen molar-refractivity contribution >= 4 is 27.4 Å². The van der Waals surface area contributed by atoms with Crippen LogP contribution < -0.4 is 9.62 Å². The maximum atomic E-state index is 12.9. The van der Waals surface area contributed by atoms with Gasteiger partial charge in [0.05, 0.1) is 16.1 Å². The number of sulfonamides is 1. The van der Waals surface area contributed by atoms with Gasteiger partial charge in [0.25, 0.3) is 10.0 Å². The predicted molar refractivity (Wildman–Crippen MR) is 126 cm³/mol. The van der Waals surface area contributed by atoms with Gasteiger partial charge in [-0.1, -0.05) is 31.4 Å². The quantitative estimate of drug-likeness (QED) is 0.682. The highest BCUT2D eigenvalue weighted by molar-refractivity contribution is 7.92. The third kappa shape index (κ3) is 5.07. The number of anilines is 2. The SMILES string of the molecule is CN1CCN(c2ccc(NS(=O)(=O)c3ccc(C4CCCCC4)cc3)cc2C(=O)O)CC1. The molecular weight excluding hydrogens is 426 g/mol. The largest absolute Gasteiger partial charge is 0.478 e. The Balaban J connectivity index is 1.52. The van der Waals surface area contributed by atoms with Crippen LogP contribution >= 0.6 is 0 Å². The molecule has 32 heavy (non-hydrogen) atoms. The zero-order valence-electron chi connectivity index (χ0n) is 18.5. The lowest BCUT2D eigenvalue weighted by Gasteiger charge is -2.34. The van der Waals surface area contributed by atoms with E-state index in [-0.39, 0.29) is 16.1 Å². The number of likely N-dealkylation sites (N-methyl/N-ethyl adjacent to an activating group) is 1. The van der Waals surface area contributed by atoms with Gasteiger partial charge in [-0.2, -0.15) is 0 Å². The normalized spacial score (nSPS) is 18.5. The Morgan fingerprint density at radius 1 is 0.969 bits per heavy atom. The zero-order chi connectivity index (χ0) is 22.7. The number of carboxylic acid groups (broad SMARTS) is 1. The first-order valence-corrected chi connectivity index (χ1v) is 12.8. The molecule has 0 radical (unpaired) electrons. The minimum atomic E-state index is -3.81. The van der Waals surface area contributed by atoms with E-state index in [0.29, 0.717) is 11.6 Å². The number of hydrogen-bond acceptors (Lipinski definition) is 5. The number of carbonyl (C=O) groups is 1. The van der Waals surface area contributed by atoms with Gasteiger partial charge in [0.2, 0.25) is 0 Å². The lowest BCUT2D eigenvalue weighted by Crippen LogP contribution is -2.45. The summed E-state index contributed by atoms with van der Waals surface area (Å²) in [6.45, 7) is 3.17. The molecule has 0 amide bonds. The topological polar surface area (TPSA) is 90.0 Å². The molecule has 0 spiro atoms. The fourth-order valence-corrected chi connectivity index (χ4v) is 5.71. The Bertz CT molecular complexity index is 1060. The molecule has 2 aliphatic rings. The molecule has 0 aromatic heterocycles. The Labute approximate surface area is 190 Å². The molecule has 0 bridgehead atoms. The molecule has 1 saturated heterocycles. The van der Waals surface area contributed by atoms with E-state index >= 15 is 0 Å². The van der Waals surface area contributed by atoms with E-state index in [1.165, 1.54) is 30.9 Å². The Morgan fingerprint density at radius 3 is 2.25 bits per heavy atom. The first-order chi connectivity index (χ1) is 15.3. The van der Waals surface area contributed by atoms with Gasteiger partial charge in [0, 0.05) is 31.9 Å². The second-order valence-electron chi connectivity index (χ2n) is 8.84. The van der Waals surface area contributed by atoms with E-state index in [1.807, 2.05) is 24.1 Å². The summed E-state index contributed by atoms with van der Waals surface area (Å²) < 4.78 is 28.4. The van der Waals surface area contributed by atoms with Crippen LogP contribution in [0, 0.1) is 0 Å². The fourth-order valence-electron chi connectivity index (χ4n) is 4.66. The summed E-state index contributed by atoms with van der Waals surface area (Å²) in [4.78, 5) is 16.3. The molecule has 1 saturated carbocycles. The molecular formula is C24H31N3O4S. The van der Waals surface area contributed by atoms with Crippen LogP contribution in [0.15, 0.2) is 47.4 Å². The molecule has 2 aromatic carbocycles. The molecule has 2 fully saturated rings. The molecule has 172 valence electrons. The van der Waals surface area contributed by atoms with Crippen molar-refractivity contribution in [1.82, 2.24) is 4.90 Å². The summed E-state index contributed by atoms with van der Waals surface area (Å²) in [5.74, 6) is -0.564. The maximum Gasteiger partial charge on any atom is 0.337 e. The molecule has 1 aliphatic heterocycles. The molecule has 2 aromatic rings. The Hall–Kier alpha value is -2.58. The highest BCUT2D eigenvalue weighted by Gasteiger charge is 2.22. The van der Waals surface area contributed by atoms with E-state index in [0.717, 1.165) is 39.0 Å². The van der Waals surface area contributed by atoms with Crippen molar-refractivity contribution in [2.24, 2.45) is 0 Å². The standard InChI is InChI=1S/C24H31N3O4S/c1-26-13-15-27(16-14-26)23-12-9-20(17-22(23)24(28)29)25-32(30,31)21-10-7-19(8-11-21)18-5-3-2-4-6-18/h7-12,17-18,25H,2-6,13-16H2,1H3,(H,28,29). The van der Waals surface area contributed by atoms with E-state index in [4.69, 9.17) is 0 Å². The molecule has 8 heteroatoms. The summed E-state index contributed by atoms with van der Waals surface area (Å²) >= 11 is 0. The molecule has 7 nitrogen and oxygen atoms in total. The van der Waals surface area contributed by atoms with Crippen molar-refractivity contribution < 1.29 is 18.3 Å². The summed E-state index contributed by atoms with van der Waals surface area (Å²) in [7, 11) is -1.77. The van der Waals surface area contributed by atoms with Crippen molar-refractivity contribution in [3.8, 4) is 0 Å². The van der Waals surface area contributed by atoms with Crippen molar-refractivity contribution in [2.45, 2.75) is 42.9 Å². The first-order valence-electron chi connectivity index (χ1n) is 11.3. The van der Waals surface area contributed by atoms with E-state index in [2.05, 4.69) is 9.62 Å². The smallest absolute Gasteiger partial charge is 0.337 e. The molecule has 0 unspecified atom stereocenters. The van der Waals surface area contributed by atoms with Gasteiger partial charge >= 0.3 is 5.97 Å². The number of aromatic carboxylic acids is 1. The van der Waals surface area contributed by atoms with Crippen LogP contribution in [0.4, 0.5) is 11.4 Å². The summed E-state index contributed by atoms with van der Waals surface area (Å²) in [5, 5.41) is 9.73. The van der Waals surface area contributed by atoms with Gasteiger partial charge in [-0.05, 0) is 61.7 Å². The van der Waals surface area contributed by atoms with E-state index in [1.54, 1.807) is 24.3 Å². The second-order valence-corrected chi connectivity index (χ2v) is 10.5. The number of piperazine rings is 1. The lowest BCUT2D eigenvalue weighted by atomic mass is 9.84. The van der Waals surface area contributed by atoms with Gasteiger partial charge < -0.3 is 14.9 Å².